The second-order valence-electron chi connectivity index (χ2n) is 4.07. The highest BCUT2D eigenvalue weighted by Gasteiger charge is 2.34. The van der Waals surface area contributed by atoms with Gasteiger partial charge in [-0.3, -0.25) is 0 Å². The van der Waals surface area contributed by atoms with E-state index in [2.05, 4.69) is 0 Å². The molecule has 20 heavy (non-hydrogen) atoms. The summed E-state index contributed by atoms with van der Waals surface area (Å²) in [5.41, 5.74) is -0.791. The Morgan fingerprint density at radius 3 is 2.00 bits per heavy atom. The van der Waals surface area contributed by atoms with Gasteiger partial charge >= 0.3 is 12.1 Å². The van der Waals surface area contributed by atoms with E-state index in [1.54, 1.807) is 0 Å². The molecule has 0 spiro atoms. The van der Waals surface area contributed by atoms with E-state index in [0.29, 0.717) is 11.6 Å². The molecule has 0 fully saturated rings. The van der Waals surface area contributed by atoms with Gasteiger partial charge in [-0.05, 0) is 35.4 Å². The average Bonchev–Trinajstić information content (AvgIpc) is 2.38. The molecular weight excluding hydrogens is 276 g/mol. The normalized spacial score (nSPS) is 11.4. The van der Waals surface area contributed by atoms with E-state index in [1.165, 1.54) is 30.3 Å². The Labute approximate surface area is 111 Å². The second kappa shape index (κ2) is 4.96. The minimum atomic E-state index is -4.78. The molecule has 0 saturated carbocycles. The van der Waals surface area contributed by atoms with Crippen LogP contribution < -0.4 is 0 Å². The van der Waals surface area contributed by atoms with Crippen LogP contribution in [0.4, 0.5) is 17.6 Å². The molecule has 2 rings (SSSR count). The van der Waals surface area contributed by atoms with E-state index in [0.717, 1.165) is 6.07 Å². The van der Waals surface area contributed by atoms with Crippen molar-refractivity contribution in [2.45, 2.75) is 6.18 Å². The number of carbonyl (C=O) groups is 1. The summed E-state index contributed by atoms with van der Waals surface area (Å²) in [6.07, 6.45) is -4.78. The largest absolute Gasteiger partial charge is 0.478 e. The van der Waals surface area contributed by atoms with E-state index >= 15 is 0 Å². The minimum Gasteiger partial charge on any atom is -0.478 e. The summed E-state index contributed by atoms with van der Waals surface area (Å²) < 4.78 is 50.9. The monoisotopic (exact) mass is 284 g/mol. The van der Waals surface area contributed by atoms with Crippen LogP contribution in [0.25, 0.3) is 11.1 Å². The van der Waals surface area contributed by atoms with Gasteiger partial charge in [-0.15, -0.1) is 0 Å². The maximum atomic E-state index is 13.2. The van der Waals surface area contributed by atoms with E-state index < -0.39 is 23.5 Å². The zero-order valence-corrected chi connectivity index (χ0v) is 9.91. The van der Waals surface area contributed by atoms with Gasteiger partial charge in [-0.1, -0.05) is 18.2 Å². The molecule has 0 aliphatic heterocycles. The molecule has 6 heteroatoms. The van der Waals surface area contributed by atoms with Crippen molar-refractivity contribution in [3.63, 3.8) is 0 Å². The highest BCUT2D eigenvalue weighted by Crippen LogP contribution is 2.34. The van der Waals surface area contributed by atoms with Crippen molar-refractivity contribution in [1.82, 2.24) is 0 Å². The SMILES string of the molecule is O=C(O)c1ccc(-c2ccc(F)c(C(F)(F)F)c2)cc1. The first-order chi connectivity index (χ1) is 9.29. The molecule has 2 nitrogen and oxygen atoms in total. The lowest BCUT2D eigenvalue weighted by Gasteiger charge is -2.10. The highest BCUT2D eigenvalue weighted by atomic mass is 19.4. The van der Waals surface area contributed by atoms with Crippen molar-refractivity contribution in [1.29, 1.82) is 0 Å². The molecule has 0 saturated heterocycles. The number of rotatable bonds is 2. The van der Waals surface area contributed by atoms with Crippen LogP contribution in [0.1, 0.15) is 15.9 Å². The van der Waals surface area contributed by atoms with Gasteiger partial charge in [0.1, 0.15) is 5.82 Å². The van der Waals surface area contributed by atoms with Crippen LogP contribution in [0, 0.1) is 5.82 Å². The van der Waals surface area contributed by atoms with Gasteiger partial charge in [0.05, 0.1) is 11.1 Å². The highest BCUT2D eigenvalue weighted by molar-refractivity contribution is 5.88. The first-order valence-corrected chi connectivity index (χ1v) is 5.49. The Bertz CT molecular complexity index is 645. The molecule has 104 valence electrons. The first-order valence-electron chi connectivity index (χ1n) is 5.49. The third-order valence-electron chi connectivity index (χ3n) is 2.74. The Hall–Kier alpha value is -2.37. The van der Waals surface area contributed by atoms with Gasteiger partial charge in [-0.25, -0.2) is 9.18 Å². The fraction of sp³-hybridized carbons (Fsp3) is 0.0714. The molecule has 0 aliphatic rings. The number of alkyl halides is 3. The van der Waals surface area contributed by atoms with Crippen LogP contribution >= 0.6 is 0 Å². The van der Waals surface area contributed by atoms with Gasteiger partial charge in [0.25, 0.3) is 0 Å². The summed E-state index contributed by atoms with van der Waals surface area (Å²) in [6.45, 7) is 0. The maximum Gasteiger partial charge on any atom is 0.419 e. The third kappa shape index (κ3) is 2.79. The van der Waals surface area contributed by atoms with Crippen molar-refractivity contribution in [2.24, 2.45) is 0 Å². The second-order valence-corrected chi connectivity index (χ2v) is 4.07. The summed E-state index contributed by atoms with van der Waals surface area (Å²) in [4.78, 5) is 10.7. The lowest BCUT2D eigenvalue weighted by atomic mass is 10.0. The molecular formula is C14H8F4O2. The Balaban J connectivity index is 2.45. The van der Waals surface area contributed by atoms with Crippen LogP contribution in [0.15, 0.2) is 42.5 Å². The van der Waals surface area contributed by atoms with Gasteiger partial charge in [0.15, 0.2) is 0 Å². The van der Waals surface area contributed by atoms with Crippen molar-refractivity contribution in [3.8, 4) is 11.1 Å². The van der Waals surface area contributed by atoms with Gasteiger partial charge < -0.3 is 5.11 Å². The topological polar surface area (TPSA) is 37.3 Å². The molecule has 1 N–H and O–H groups in total. The zero-order chi connectivity index (χ0) is 14.9. The summed E-state index contributed by atoms with van der Waals surface area (Å²) in [6, 6.07) is 7.94. The number of aromatic carboxylic acids is 1. The van der Waals surface area contributed by atoms with Crippen LogP contribution in [0.2, 0.25) is 0 Å². The summed E-state index contributed by atoms with van der Waals surface area (Å²) in [7, 11) is 0. The maximum absolute atomic E-state index is 13.2. The Morgan fingerprint density at radius 2 is 1.50 bits per heavy atom. The number of hydrogen-bond donors (Lipinski definition) is 1. The third-order valence-corrected chi connectivity index (χ3v) is 2.74. The number of hydrogen-bond acceptors (Lipinski definition) is 1. The molecule has 0 unspecified atom stereocenters. The van der Waals surface area contributed by atoms with Crippen LogP contribution in [0.5, 0.6) is 0 Å². The van der Waals surface area contributed by atoms with Crippen molar-refractivity contribution in [2.75, 3.05) is 0 Å². The summed E-state index contributed by atoms with van der Waals surface area (Å²) >= 11 is 0. The summed E-state index contributed by atoms with van der Waals surface area (Å²) in [5.74, 6) is -2.48. The molecule has 0 radical (unpaired) electrons. The fourth-order valence-electron chi connectivity index (χ4n) is 1.73. The van der Waals surface area contributed by atoms with Gasteiger partial charge in [0.2, 0.25) is 0 Å². The molecule has 0 atom stereocenters. The van der Waals surface area contributed by atoms with E-state index in [4.69, 9.17) is 5.11 Å². The van der Waals surface area contributed by atoms with E-state index in [-0.39, 0.29) is 11.1 Å². The fourth-order valence-corrected chi connectivity index (χ4v) is 1.73. The quantitative estimate of drug-likeness (QED) is 0.839. The zero-order valence-electron chi connectivity index (χ0n) is 9.91. The van der Waals surface area contributed by atoms with Crippen LogP contribution in [0.3, 0.4) is 0 Å². The lowest BCUT2D eigenvalue weighted by molar-refractivity contribution is -0.139. The smallest absolute Gasteiger partial charge is 0.419 e. The van der Waals surface area contributed by atoms with Crippen molar-refractivity contribution >= 4 is 5.97 Å². The van der Waals surface area contributed by atoms with Gasteiger partial charge in [-0.2, -0.15) is 13.2 Å². The predicted molar refractivity (Wildman–Crippen MR) is 63.8 cm³/mol. The lowest BCUT2D eigenvalue weighted by Crippen LogP contribution is -2.08. The summed E-state index contributed by atoms with van der Waals surface area (Å²) in [5, 5.41) is 8.74. The number of carboxylic acid groups (broad SMARTS) is 1. The molecule has 0 amide bonds. The molecule has 0 bridgehead atoms. The number of halogens is 4. The minimum absolute atomic E-state index is 0.0203. The molecule has 0 heterocycles. The molecule has 0 aliphatic carbocycles. The van der Waals surface area contributed by atoms with E-state index in [9.17, 15) is 22.4 Å². The molecule has 2 aromatic carbocycles. The number of benzene rings is 2. The average molecular weight is 284 g/mol. The van der Waals surface area contributed by atoms with E-state index in [1.807, 2.05) is 0 Å². The van der Waals surface area contributed by atoms with Crippen LogP contribution in [-0.2, 0) is 6.18 Å². The van der Waals surface area contributed by atoms with Crippen molar-refractivity contribution in [3.05, 3.63) is 59.4 Å². The predicted octanol–water partition coefficient (Wildman–Crippen LogP) is 4.21. The van der Waals surface area contributed by atoms with Crippen molar-refractivity contribution < 1.29 is 27.5 Å². The molecule has 2 aromatic rings. The Morgan fingerprint density at radius 1 is 0.950 bits per heavy atom. The molecule has 0 aromatic heterocycles. The number of carboxylic acids is 1. The standard InChI is InChI=1S/C14H8F4O2/c15-12-6-5-10(7-11(12)14(16,17)18)8-1-3-9(4-2-8)13(19)20/h1-7H,(H,19,20). The Kier molecular flexibility index (Phi) is 3.48. The first kappa shape index (κ1) is 14.0. The van der Waals surface area contributed by atoms with Crippen LogP contribution in [-0.4, -0.2) is 11.1 Å². The van der Waals surface area contributed by atoms with Gasteiger partial charge in [0, 0.05) is 0 Å².